The molecule has 0 aliphatic carbocycles. The minimum Gasteiger partial charge on any atom is -0.481 e. The third-order valence-corrected chi connectivity index (χ3v) is 1.67. The van der Waals surface area contributed by atoms with Crippen molar-refractivity contribution in [2.75, 3.05) is 13.7 Å². The molecule has 2 atom stereocenters. The second kappa shape index (κ2) is 4.28. The number of carbonyl (C=O) groups is 1. The lowest BCUT2D eigenvalue weighted by Gasteiger charge is -2.13. The average Bonchev–Trinajstić information content (AvgIpc) is 1.87. The van der Waals surface area contributed by atoms with Gasteiger partial charge in [-0.1, -0.05) is 13.8 Å². The highest BCUT2D eigenvalue weighted by molar-refractivity contribution is 5.69. The van der Waals surface area contributed by atoms with Crippen molar-refractivity contribution >= 4 is 5.97 Å². The first-order valence-corrected chi connectivity index (χ1v) is 3.31. The molecule has 0 unspecified atom stereocenters. The fraction of sp³-hybridized carbons (Fsp3) is 0.857. The van der Waals surface area contributed by atoms with E-state index in [1.54, 1.807) is 14.0 Å². The summed E-state index contributed by atoms with van der Waals surface area (Å²) >= 11 is 0. The molecular formula is C7H14O3. The summed E-state index contributed by atoms with van der Waals surface area (Å²) in [7, 11) is 1.57. The Hall–Kier alpha value is -0.570. The molecule has 0 aromatic heterocycles. The molecule has 1 N–H and O–H groups in total. The van der Waals surface area contributed by atoms with Crippen LogP contribution in [0.15, 0.2) is 0 Å². The number of hydrogen-bond acceptors (Lipinski definition) is 2. The highest BCUT2D eigenvalue weighted by Gasteiger charge is 2.18. The van der Waals surface area contributed by atoms with Crippen LogP contribution in [0.4, 0.5) is 0 Å². The van der Waals surface area contributed by atoms with E-state index in [2.05, 4.69) is 0 Å². The van der Waals surface area contributed by atoms with Gasteiger partial charge in [0.1, 0.15) is 0 Å². The molecule has 3 heteroatoms. The smallest absolute Gasteiger partial charge is 0.306 e. The van der Waals surface area contributed by atoms with Gasteiger partial charge in [-0.25, -0.2) is 0 Å². The van der Waals surface area contributed by atoms with E-state index in [9.17, 15) is 4.79 Å². The maximum atomic E-state index is 10.4. The van der Waals surface area contributed by atoms with Gasteiger partial charge >= 0.3 is 5.97 Å². The molecule has 0 aliphatic heterocycles. The van der Waals surface area contributed by atoms with E-state index in [1.165, 1.54) is 0 Å². The van der Waals surface area contributed by atoms with Gasteiger partial charge in [-0.05, 0) is 5.92 Å². The summed E-state index contributed by atoms with van der Waals surface area (Å²) in [5.41, 5.74) is 0. The van der Waals surface area contributed by atoms with Crippen LogP contribution < -0.4 is 0 Å². The van der Waals surface area contributed by atoms with Crippen LogP contribution in [0.5, 0.6) is 0 Å². The van der Waals surface area contributed by atoms with E-state index in [0.717, 1.165) is 0 Å². The molecule has 0 aromatic carbocycles. The fourth-order valence-electron chi connectivity index (χ4n) is 0.651. The van der Waals surface area contributed by atoms with Crippen LogP contribution in [-0.4, -0.2) is 24.8 Å². The van der Waals surface area contributed by atoms with Crippen LogP contribution in [0.1, 0.15) is 13.8 Å². The summed E-state index contributed by atoms with van der Waals surface area (Å²) in [6.07, 6.45) is 0. The Morgan fingerprint density at radius 3 is 2.40 bits per heavy atom. The summed E-state index contributed by atoms with van der Waals surface area (Å²) in [6, 6.07) is 0. The molecule has 10 heavy (non-hydrogen) atoms. The topological polar surface area (TPSA) is 46.5 Å². The van der Waals surface area contributed by atoms with E-state index >= 15 is 0 Å². The van der Waals surface area contributed by atoms with Crippen LogP contribution in [0.3, 0.4) is 0 Å². The number of methoxy groups -OCH3 is 1. The van der Waals surface area contributed by atoms with Crippen LogP contribution in [0.25, 0.3) is 0 Å². The lowest BCUT2D eigenvalue weighted by molar-refractivity contribution is -0.143. The summed E-state index contributed by atoms with van der Waals surface area (Å²) in [5.74, 6) is -0.994. The quantitative estimate of drug-likeness (QED) is 0.643. The van der Waals surface area contributed by atoms with E-state index in [-0.39, 0.29) is 11.8 Å². The summed E-state index contributed by atoms with van der Waals surface area (Å²) in [6.45, 7) is 4.06. The van der Waals surface area contributed by atoms with E-state index < -0.39 is 5.97 Å². The first-order chi connectivity index (χ1) is 4.59. The zero-order valence-corrected chi connectivity index (χ0v) is 6.63. The minimum atomic E-state index is -0.760. The van der Waals surface area contributed by atoms with Gasteiger partial charge in [-0.3, -0.25) is 4.79 Å². The van der Waals surface area contributed by atoms with Crippen LogP contribution in [-0.2, 0) is 9.53 Å². The van der Waals surface area contributed by atoms with Gasteiger partial charge in [-0.2, -0.15) is 0 Å². The summed E-state index contributed by atoms with van der Waals surface area (Å²) in [5, 5.41) is 8.52. The molecular weight excluding hydrogens is 132 g/mol. The molecule has 0 radical (unpaired) electrons. The number of ether oxygens (including phenoxy) is 1. The number of carboxylic acids is 1. The van der Waals surface area contributed by atoms with Crippen LogP contribution in [0.2, 0.25) is 0 Å². The van der Waals surface area contributed by atoms with Gasteiger partial charge in [0.05, 0.1) is 5.92 Å². The Labute approximate surface area is 61.0 Å². The van der Waals surface area contributed by atoms with Gasteiger partial charge in [0.25, 0.3) is 0 Å². The standard InChI is InChI=1S/C7H14O3/c1-5(4-10-3)6(2)7(8)9/h5-6H,4H2,1-3H3,(H,8,9)/t5-,6-/m1/s1. The van der Waals surface area contributed by atoms with Crippen LogP contribution >= 0.6 is 0 Å². The van der Waals surface area contributed by atoms with Crippen molar-refractivity contribution in [2.24, 2.45) is 11.8 Å². The molecule has 0 bridgehead atoms. The SMILES string of the molecule is COC[C@@H](C)[C@@H](C)C(=O)O. The number of rotatable bonds is 4. The van der Waals surface area contributed by atoms with Gasteiger partial charge in [0.2, 0.25) is 0 Å². The Balaban J connectivity index is 3.69. The monoisotopic (exact) mass is 146 g/mol. The predicted octanol–water partition coefficient (Wildman–Crippen LogP) is 0.990. The van der Waals surface area contributed by atoms with Crippen molar-refractivity contribution in [1.29, 1.82) is 0 Å². The van der Waals surface area contributed by atoms with Crippen molar-refractivity contribution in [3.8, 4) is 0 Å². The predicted molar refractivity (Wildman–Crippen MR) is 37.8 cm³/mol. The maximum Gasteiger partial charge on any atom is 0.306 e. The first-order valence-electron chi connectivity index (χ1n) is 3.31. The Kier molecular flexibility index (Phi) is 4.03. The molecule has 0 fully saturated rings. The normalized spacial score (nSPS) is 16.3. The first kappa shape index (κ1) is 9.43. The Morgan fingerprint density at radius 2 is 2.10 bits per heavy atom. The fourth-order valence-corrected chi connectivity index (χ4v) is 0.651. The zero-order chi connectivity index (χ0) is 8.15. The van der Waals surface area contributed by atoms with E-state index in [0.29, 0.717) is 6.61 Å². The largest absolute Gasteiger partial charge is 0.481 e. The number of carboxylic acid groups (broad SMARTS) is 1. The molecule has 0 aliphatic rings. The van der Waals surface area contributed by atoms with Crippen molar-refractivity contribution in [3.63, 3.8) is 0 Å². The second-order valence-corrected chi connectivity index (χ2v) is 2.56. The molecule has 3 nitrogen and oxygen atoms in total. The minimum absolute atomic E-state index is 0.0856. The lowest BCUT2D eigenvalue weighted by Crippen LogP contribution is -2.21. The molecule has 0 saturated heterocycles. The van der Waals surface area contributed by atoms with Gasteiger partial charge in [0, 0.05) is 13.7 Å². The molecule has 0 spiro atoms. The zero-order valence-electron chi connectivity index (χ0n) is 6.63. The summed E-state index contributed by atoms with van der Waals surface area (Å²) < 4.78 is 4.81. The van der Waals surface area contributed by atoms with Crippen molar-refractivity contribution in [3.05, 3.63) is 0 Å². The highest BCUT2D eigenvalue weighted by Crippen LogP contribution is 2.10. The average molecular weight is 146 g/mol. The molecule has 0 heterocycles. The maximum absolute atomic E-state index is 10.4. The summed E-state index contributed by atoms with van der Waals surface area (Å²) in [4.78, 5) is 10.4. The van der Waals surface area contributed by atoms with Crippen molar-refractivity contribution < 1.29 is 14.6 Å². The number of hydrogen-bond donors (Lipinski definition) is 1. The molecule has 60 valence electrons. The molecule has 0 amide bonds. The third-order valence-electron chi connectivity index (χ3n) is 1.67. The van der Waals surface area contributed by atoms with Gasteiger partial charge in [-0.15, -0.1) is 0 Å². The Bertz CT molecular complexity index is 111. The van der Waals surface area contributed by atoms with Crippen LogP contribution in [0, 0.1) is 11.8 Å². The third kappa shape index (κ3) is 2.82. The Morgan fingerprint density at radius 1 is 1.60 bits per heavy atom. The van der Waals surface area contributed by atoms with Crippen molar-refractivity contribution in [1.82, 2.24) is 0 Å². The molecule has 0 rings (SSSR count). The van der Waals surface area contributed by atoms with E-state index in [4.69, 9.17) is 9.84 Å². The number of aliphatic carboxylic acids is 1. The van der Waals surface area contributed by atoms with Gasteiger partial charge in [0.15, 0.2) is 0 Å². The molecule has 0 saturated carbocycles. The second-order valence-electron chi connectivity index (χ2n) is 2.56. The van der Waals surface area contributed by atoms with Crippen molar-refractivity contribution in [2.45, 2.75) is 13.8 Å². The lowest BCUT2D eigenvalue weighted by atomic mass is 9.97. The van der Waals surface area contributed by atoms with Gasteiger partial charge < -0.3 is 9.84 Å². The van der Waals surface area contributed by atoms with E-state index in [1.807, 2.05) is 6.92 Å². The molecule has 0 aromatic rings. The highest BCUT2D eigenvalue weighted by atomic mass is 16.5.